The largest absolute Gasteiger partial charge is 0.316 e. The highest BCUT2D eigenvalue weighted by atomic mass is 15.2. The molecule has 1 rings (SSSR count). The van der Waals surface area contributed by atoms with Gasteiger partial charge in [-0.2, -0.15) is 0 Å². The summed E-state index contributed by atoms with van der Waals surface area (Å²) in [6.45, 7) is 10.8. The van der Waals surface area contributed by atoms with Crippen LogP contribution in [0.3, 0.4) is 0 Å². The Bertz CT molecular complexity index is 216. The van der Waals surface area contributed by atoms with Crippen molar-refractivity contribution in [3.05, 3.63) is 0 Å². The fourth-order valence-electron chi connectivity index (χ4n) is 2.81. The zero-order valence-electron chi connectivity index (χ0n) is 13.6. The maximum Gasteiger partial charge on any atom is 0.0217 e. The minimum absolute atomic E-state index is 0.774. The molecule has 0 spiro atoms. The highest BCUT2D eigenvalue weighted by molar-refractivity contribution is 4.77. The van der Waals surface area contributed by atoms with Crippen LogP contribution in [0.1, 0.15) is 46.0 Å². The molecule has 1 saturated heterocycles. The summed E-state index contributed by atoms with van der Waals surface area (Å²) in [4.78, 5) is 5.05. The first-order valence-electron chi connectivity index (χ1n) is 8.19. The summed E-state index contributed by atoms with van der Waals surface area (Å²) in [5.74, 6) is 0.774. The van der Waals surface area contributed by atoms with Crippen LogP contribution in [0.5, 0.6) is 0 Å². The van der Waals surface area contributed by atoms with Gasteiger partial charge in [0.05, 0.1) is 0 Å². The molecular weight excluding hydrogens is 234 g/mol. The van der Waals surface area contributed by atoms with Gasteiger partial charge in [0.25, 0.3) is 0 Å². The van der Waals surface area contributed by atoms with Gasteiger partial charge in [0.2, 0.25) is 0 Å². The van der Waals surface area contributed by atoms with Gasteiger partial charge in [0.15, 0.2) is 0 Å². The highest BCUT2D eigenvalue weighted by Gasteiger charge is 2.20. The van der Waals surface area contributed by atoms with Crippen LogP contribution in [0.25, 0.3) is 0 Å². The van der Waals surface area contributed by atoms with Crippen LogP contribution in [0.2, 0.25) is 0 Å². The molecule has 3 heteroatoms. The van der Waals surface area contributed by atoms with Gasteiger partial charge in [-0.1, -0.05) is 20.3 Å². The molecule has 1 aliphatic heterocycles. The van der Waals surface area contributed by atoms with Crippen LogP contribution in [-0.4, -0.2) is 62.7 Å². The third kappa shape index (κ3) is 7.91. The summed E-state index contributed by atoms with van der Waals surface area (Å²) < 4.78 is 0. The highest BCUT2D eigenvalue weighted by Crippen LogP contribution is 2.14. The fraction of sp³-hybridized carbons (Fsp3) is 1.00. The molecule has 114 valence electrons. The van der Waals surface area contributed by atoms with E-state index >= 15 is 0 Å². The molecule has 0 aromatic heterocycles. The molecule has 1 fully saturated rings. The average Bonchev–Trinajstić information content (AvgIpc) is 2.37. The Morgan fingerprint density at radius 2 is 2.00 bits per heavy atom. The fourth-order valence-corrected chi connectivity index (χ4v) is 2.81. The third-order valence-electron chi connectivity index (χ3n) is 4.09. The van der Waals surface area contributed by atoms with Crippen molar-refractivity contribution in [3.8, 4) is 0 Å². The van der Waals surface area contributed by atoms with Crippen LogP contribution in [0, 0.1) is 5.92 Å². The predicted molar refractivity (Wildman–Crippen MR) is 84.7 cm³/mol. The number of unbranched alkanes of at least 4 members (excludes halogenated alkanes) is 2. The van der Waals surface area contributed by atoms with Gasteiger partial charge in [-0.05, 0) is 71.9 Å². The molecule has 0 bridgehead atoms. The van der Waals surface area contributed by atoms with Crippen molar-refractivity contribution in [1.29, 1.82) is 0 Å². The quantitative estimate of drug-likeness (QED) is 0.649. The van der Waals surface area contributed by atoms with E-state index in [0.717, 1.165) is 18.5 Å². The van der Waals surface area contributed by atoms with E-state index in [4.69, 9.17) is 0 Å². The molecule has 1 N–H and O–H groups in total. The third-order valence-corrected chi connectivity index (χ3v) is 4.09. The molecule has 0 amide bonds. The summed E-state index contributed by atoms with van der Waals surface area (Å²) >= 11 is 0. The van der Waals surface area contributed by atoms with Crippen LogP contribution >= 0.6 is 0 Å². The van der Waals surface area contributed by atoms with Gasteiger partial charge in [0.1, 0.15) is 0 Å². The molecule has 19 heavy (non-hydrogen) atoms. The smallest absolute Gasteiger partial charge is 0.0217 e. The average molecular weight is 269 g/mol. The number of nitrogens with zero attached hydrogens (tertiary/aromatic N) is 2. The zero-order chi connectivity index (χ0) is 14.1. The second-order valence-corrected chi connectivity index (χ2v) is 6.72. The Morgan fingerprint density at radius 1 is 1.21 bits per heavy atom. The molecular formula is C16H35N3. The molecule has 0 radical (unpaired) electrons. The maximum atomic E-state index is 3.52. The Morgan fingerprint density at radius 3 is 2.68 bits per heavy atom. The first-order chi connectivity index (χ1) is 9.09. The molecule has 1 unspecified atom stereocenters. The number of piperidine rings is 1. The first kappa shape index (κ1) is 16.9. The van der Waals surface area contributed by atoms with Crippen LogP contribution in [-0.2, 0) is 0 Å². The summed E-state index contributed by atoms with van der Waals surface area (Å²) in [5, 5.41) is 3.52. The van der Waals surface area contributed by atoms with Crippen molar-refractivity contribution in [3.63, 3.8) is 0 Å². The van der Waals surface area contributed by atoms with E-state index in [1.807, 2.05) is 0 Å². The Labute approximate surface area is 120 Å². The summed E-state index contributed by atoms with van der Waals surface area (Å²) in [6, 6.07) is 0.779. The lowest BCUT2D eigenvalue weighted by Crippen LogP contribution is -2.45. The lowest BCUT2D eigenvalue weighted by Gasteiger charge is -2.36. The predicted octanol–water partition coefficient (Wildman–Crippen LogP) is 2.43. The van der Waals surface area contributed by atoms with Crippen LogP contribution in [0.4, 0.5) is 0 Å². The standard InChI is InChI=1S/C16H35N3/c1-15(2)13-17-10-6-5-7-11-19-12-8-9-16(14-19)18(3)4/h15-17H,5-14H2,1-4H3. The van der Waals surface area contributed by atoms with Crippen LogP contribution in [0.15, 0.2) is 0 Å². The van der Waals surface area contributed by atoms with Crippen molar-refractivity contribution >= 4 is 0 Å². The zero-order valence-corrected chi connectivity index (χ0v) is 13.6. The number of hydrogen-bond donors (Lipinski definition) is 1. The Balaban J connectivity index is 1.97. The number of rotatable bonds is 9. The minimum Gasteiger partial charge on any atom is -0.316 e. The van der Waals surface area contributed by atoms with E-state index in [9.17, 15) is 0 Å². The van der Waals surface area contributed by atoms with Gasteiger partial charge < -0.3 is 15.1 Å². The van der Waals surface area contributed by atoms with E-state index in [1.165, 1.54) is 58.3 Å². The number of nitrogens with one attached hydrogen (secondary N) is 1. The second-order valence-electron chi connectivity index (χ2n) is 6.72. The van der Waals surface area contributed by atoms with Crippen LogP contribution < -0.4 is 5.32 Å². The van der Waals surface area contributed by atoms with Gasteiger partial charge in [-0.3, -0.25) is 0 Å². The Kier molecular flexibility index (Phi) is 8.67. The topological polar surface area (TPSA) is 18.5 Å². The minimum atomic E-state index is 0.774. The van der Waals surface area contributed by atoms with Crippen molar-refractivity contribution in [2.45, 2.75) is 52.0 Å². The summed E-state index contributed by atoms with van der Waals surface area (Å²) in [5.41, 5.74) is 0. The molecule has 0 aromatic carbocycles. The van der Waals surface area contributed by atoms with Crippen molar-refractivity contribution in [1.82, 2.24) is 15.1 Å². The first-order valence-corrected chi connectivity index (χ1v) is 8.19. The molecule has 0 aliphatic carbocycles. The van der Waals surface area contributed by atoms with E-state index in [-0.39, 0.29) is 0 Å². The summed E-state index contributed by atoms with van der Waals surface area (Å²) in [7, 11) is 4.43. The normalized spacial score (nSPS) is 21.5. The van der Waals surface area contributed by atoms with E-state index in [2.05, 4.69) is 43.1 Å². The van der Waals surface area contributed by atoms with Gasteiger partial charge >= 0.3 is 0 Å². The molecule has 0 saturated carbocycles. The molecule has 1 atom stereocenters. The number of likely N-dealkylation sites (tertiary alicyclic amines) is 1. The second kappa shape index (κ2) is 9.73. The van der Waals surface area contributed by atoms with Gasteiger partial charge in [-0.15, -0.1) is 0 Å². The van der Waals surface area contributed by atoms with Crippen molar-refractivity contribution in [2.75, 3.05) is 46.8 Å². The lowest BCUT2D eigenvalue weighted by molar-refractivity contribution is 0.131. The maximum absolute atomic E-state index is 3.52. The molecule has 0 aromatic rings. The van der Waals surface area contributed by atoms with E-state index < -0.39 is 0 Å². The molecule has 1 aliphatic rings. The van der Waals surface area contributed by atoms with Gasteiger partial charge in [-0.25, -0.2) is 0 Å². The molecule has 1 heterocycles. The Hall–Kier alpha value is -0.120. The van der Waals surface area contributed by atoms with Gasteiger partial charge in [0, 0.05) is 12.6 Å². The number of likely N-dealkylation sites (N-methyl/N-ethyl adjacent to an activating group) is 1. The lowest BCUT2D eigenvalue weighted by atomic mass is 10.0. The summed E-state index contributed by atoms with van der Waals surface area (Å²) in [6.07, 6.45) is 6.82. The van der Waals surface area contributed by atoms with E-state index in [1.54, 1.807) is 0 Å². The number of hydrogen-bond acceptors (Lipinski definition) is 3. The SMILES string of the molecule is CC(C)CNCCCCCN1CCCC(N(C)C)C1. The monoisotopic (exact) mass is 269 g/mol. The van der Waals surface area contributed by atoms with E-state index in [0.29, 0.717) is 0 Å². The van der Waals surface area contributed by atoms with Crippen molar-refractivity contribution < 1.29 is 0 Å². The molecule has 3 nitrogen and oxygen atoms in total. The van der Waals surface area contributed by atoms with Crippen molar-refractivity contribution in [2.24, 2.45) is 5.92 Å².